The highest BCUT2D eigenvalue weighted by molar-refractivity contribution is 7.51. The van der Waals surface area contributed by atoms with Gasteiger partial charge in [-0.15, -0.1) is 0 Å². The Balaban J connectivity index is 4.91. The highest BCUT2D eigenvalue weighted by atomic mass is 31.2. The van der Waals surface area contributed by atoms with E-state index in [1.54, 1.807) is 0 Å². The zero-order chi connectivity index (χ0) is 15.6. The zero-order valence-corrected chi connectivity index (χ0v) is 14.8. The van der Waals surface area contributed by atoms with Gasteiger partial charge in [-0.05, 0) is 30.6 Å². The van der Waals surface area contributed by atoms with E-state index in [4.69, 9.17) is 0 Å². The summed E-state index contributed by atoms with van der Waals surface area (Å²) in [6.07, 6.45) is 9.77. The Kier molecular flexibility index (Phi) is 10.0. The van der Waals surface area contributed by atoms with Crippen LogP contribution in [-0.2, 0) is 4.57 Å². The van der Waals surface area contributed by atoms with Crippen molar-refractivity contribution in [2.45, 2.75) is 85.5 Å². The summed E-state index contributed by atoms with van der Waals surface area (Å²) < 4.78 is 11.5. The van der Waals surface area contributed by atoms with Crippen LogP contribution in [0.1, 0.15) is 85.5 Å². The third-order valence-electron chi connectivity index (χ3n) is 4.62. The molecule has 0 saturated carbocycles. The van der Waals surface area contributed by atoms with Crippen molar-refractivity contribution < 1.29 is 14.4 Å². The first-order valence-corrected chi connectivity index (χ1v) is 10.2. The lowest BCUT2D eigenvalue weighted by molar-refractivity contribution is 0.187. The molecule has 0 aliphatic rings. The van der Waals surface area contributed by atoms with Crippen molar-refractivity contribution in [3.63, 3.8) is 0 Å². The Hall–Kier alpha value is 0.150. The molecule has 0 heterocycles. The highest BCUT2D eigenvalue weighted by Gasteiger charge is 2.36. The number of unbranched alkanes of at least 4 members (excludes halogenated alkanes) is 2. The predicted molar refractivity (Wildman–Crippen MR) is 87.1 cm³/mol. The zero-order valence-electron chi connectivity index (χ0n) is 13.9. The summed E-state index contributed by atoms with van der Waals surface area (Å²) in [5, 5.41) is 0. The van der Waals surface area contributed by atoms with E-state index in [0.717, 1.165) is 38.5 Å². The average Bonchev–Trinajstić information content (AvgIpc) is 2.39. The van der Waals surface area contributed by atoms with E-state index in [0.29, 0.717) is 5.92 Å². The number of hydrogen-bond donors (Lipinski definition) is 2. The van der Waals surface area contributed by atoms with Gasteiger partial charge in [0.05, 0.1) is 6.16 Å². The maximum Gasteiger partial charge on any atom is 0.326 e. The SMILES string of the molecule is CCCCC(CC)CC(CC)(CCCC)CP(=O)(O)O. The van der Waals surface area contributed by atoms with Crippen LogP contribution >= 0.6 is 7.60 Å². The molecule has 0 saturated heterocycles. The lowest BCUT2D eigenvalue weighted by Gasteiger charge is -2.36. The fourth-order valence-corrected chi connectivity index (χ4v) is 4.61. The van der Waals surface area contributed by atoms with Gasteiger partial charge in [-0.25, -0.2) is 0 Å². The van der Waals surface area contributed by atoms with E-state index >= 15 is 0 Å². The molecule has 122 valence electrons. The minimum atomic E-state index is -3.94. The molecule has 0 aliphatic heterocycles. The van der Waals surface area contributed by atoms with Gasteiger partial charge < -0.3 is 9.79 Å². The Bertz CT molecular complexity index is 287. The van der Waals surface area contributed by atoms with Crippen molar-refractivity contribution in [3.8, 4) is 0 Å². The van der Waals surface area contributed by atoms with Crippen LogP contribution in [0.15, 0.2) is 0 Å². The van der Waals surface area contributed by atoms with Crippen LogP contribution in [0.4, 0.5) is 0 Å². The lowest BCUT2D eigenvalue weighted by atomic mass is 9.73. The summed E-state index contributed by atoms with van der Waals surface area (Å²) >= 11 is 0. The normalized spacial score (nSPS) is 16.9. The van der Waals surface area contributed by atoms with Crippen LogP contribution in [-0.4, -0.2) is 15.9 Å². The fourth-order valence-electron chi connectivity index (χ4n) is 3.22. The molecule has 0 fully saturated rings. The van der Waals surface area contributed by atoms with Crippen molar-refractivity contribution >= 4 is 7.60 Å². The molecular formula is C16H35O3P. The maximum atomic E-state index is 11.5. The molecule has 0 rings (SSSR count). The van der Waals surface area contributed by atoms with Gasteiger partial charge in [0.2, 0.25) is 0 Å². The molecule has 0 aromatic rings. The number of rotatable bonds is 12. The second-order valence-electron chi connectivity index (χ2n) is 6.40. The van der Waals surface area contributed by atoms with Crippen molar-refractivity contribution in [1.29, 1.82) is 0 Å². The summed E-state index contributed by atoms with van der Waals surface area (Å²) in [6.45, 7) is 8.65. The summed E-state index contributed by atoms with van der Waals surface area (Å²) in [5.41, 5.74) is -0.163. The Morgan fingerprint density at radius 2 is 1.65 bits per heavy atom. The average molecular weight is 306 g/mol. The Morgan fingerprint density at radius 1 is 1.05 bits per heavy atom. The minimum absolute atomic E-state index is 0.0686. The van der Waals surface area contributed by atoms with E-state index in [2.05, 4.69) is 27.7 Å². The van der Waals surface area contributed by atoms with E-state index < -0.39 is 7.60 Å². The summed E-state index contributed by atoms with van der Waals surface area (Å²) in [5.74, 6) is 0.610. The molecule has 0 aromatic carbocycles. The van der Waals surface area contributed by atoms with Gasteiger partial charge in [-0.3, -0.25) is 4.57 Å². The molecule has 0 spiro atoms. The molecule has 20 heavy (non-hydrogen) atoms. The monoisotopic (exact) mass is 306 g/mol. The van der Waals surface area contributed by atoms with Crippen molar-refractivity contribution in [2.75, 3.05) is 6.16 Å². The second kappa shape index (κ2) is 9.97. The molecule has 0 aromatic heterocycles. The van der Waals surface area contributed by atoms with Crippen LogP contribution in [0.25, 0.3) is 0 Å². The first-order valence-electron chi connectivity index (χ1n) is 8.37. The second-order valence-corrected chi connectivity index (χ2v) is 8.05. The van der Waals surface area contributed by atoms with E-state index in [1.807, 2.05) is 0 Å². The van der Waals surface area contributed by atoms with Crippen LogP contribution in [0.5, 0.6) is 0 Å². The number of hydrogen-bond acceptors (Lipinski definition) is 1. The molecule has 0 amide bonds. The van der Waals surface area contributed by atoms with Crippen molar-refractivity contribution in [3.05, 3.63) is 0 Å². The van der Waals surface area contributed by atoms with Gasteiger partial charge >= 0.3 is 7.60 Å². The molecule has 2 unspecified atom stereocenters. The first-order chi connectivity index (χ1) is 9.32. The van der Waals surface area contributed by atoms with E-state index in [9.17, 15) is 14.4 Å². The third-order valence-corrected chi connectivity index (χ3v) is 5.70. The van der Waals surface area contributed by atoms with Crippen molar-refractivity contribution in [1.82, 2.24) is 0 Å². The summed E-state index contributed by atoms with van der Waals surface area (Å²) in [6, 6.07) is 0. The van der Waals surface area contributed by atoms with Gasteiger partial charge in [0, 0.05) is 0 Å². The predicted octanol–water partition coefficient (Wildman–Crippen LogP) is 5.36. The van der Waals surface area contributed by atoms with Gasteiger partial charge in [-0.2, -0.15) is 0 Å². The first kappa shape index (κ1) is 20.1. The molecule has 3 nitrogen and oxygen atoms in total. The van der Waals surface area contributed by atoms with Crippen molar-refractivity contribution in [2.24, 2.45) is 11.3 Å². The maximum absolute atomic E-state index is 11.5. The van der Waals surface area contributed by atoms with E-state index in [-0.39, 0.29) is 11.6 Å². The quantitative estimate of drug-likeness (QED) is 0.477. The van der Waals surface area contributed by atoms with Gasteiger partial charge in [-0.1, -0.05) is 66.2 Å². The Morgan fingerprint density at radius 3 is 2.05 bits per heavy atom. The standard InChI is InChI=1S/C16H35O3P/c1-5-9-11-15(7-3)13-16(8-4,12-10-6-2)14-20(17,18)19/h15H,5-14H2,1-4H3,(H2,17,18,19). The van der Waals surface area contributed by atoms with Gasteiger partial charge in [0.25, 0.3) is 0 Å². The van der Waals surface area contributed by atoms with Crippen LogP contribution < -0.4 is 0 Å². The van der Waals surface area contributed by atoms with Gasteiger partial charge in [0.1, 0.15) is 0 Å². The molecule has 0 radical (unpaired) electrons. The largest absolute Gasteiger partial charge is 0.326 e. The third kappa shape index (κ3) is 8.44. The molecule has 0 aliphatic carbocycles. The lowest BCUT2D eigenvalue weighted by Crippen LogP contribution is -2.28. The summed E-state index contributed by atoms with van der Waals surface area (Å²) in [4.78, 5) is 18.9. The highest BCUT2D eigenvalue weighted by Crippen LogP contribution is 2.49. The molecule has 4 heteroatoms. The van der Waals surface area contributed by atoms with Crippen LogP contribution in [0.2, 0.25) is 0 Å². The molecule has 2 atom stereocenters. The van der Waals surface area contributed by atoms with Crippen LogP contribution in [0.3, 0.4) is 0 Å². The van der Waals surface area contributed by atoms with Crippen LogP contribution in [0, 0.1) is 11.3 Å². The smallest absolute Gasteiger partial charge is 0.324 e. The Labute approximate surface area is 125 Å². The fraction of sp³-hybridized carbons (Fsp3) is 1.00. The van der Waals surface area contributed by atoms with Gasteiger partial charge in [0.15, 0.2) is 0 Å². The molecule has 0 bridgehead atoms. The summed E-state index contributed by atoms with van der Waals surface area (Å²) in [7, 11) is -3.94. The molecular weight excluding hydrogens is 271 g/mol. The molecule has 2 N–H and O–H groups in total. The van der Waals surface area contributed by atoms with E-state index in [1.165, 1.54) is 19.3 Å². The minimum Gasteiger partial charge on any atom is -0.324 e. The topological polar surface area (TPSA) is 57.5 Å².